The topological polar surface area (TPSA) is 0 Å². The van der Waals surface area contributed by atoms with Crippen molar-refractivity contribution in [1.29, 1.82) is 0 Å². The van der Waals surface area contributed by atoms with Gasteiger partial charge >= 0.3 is 0 Å². The molecule has 0 radical (unpaired) electrons. The molecule has 17 heavy (non-hydrogen) atoms. The van der Waals surface area contributed by atoms with Gasteiger partial charge in [-0.05, 0) is 42.4 Å². The second-order valence-electron chi connectivity index (χ2n) is 6.48. The first kappa shape index (κ1) is 15.1. The largest absolute Gasteiger partial charge is 0.176 e. The van der Waals surface area contributed by atoms with Crippen molar-refractivity contribution >= 4 is 12.6 Å². The average Bonchev–Trinajstić information content (AvgIpc) is 2.24. The summed E-state index contributed by atoms with van der Waals surface area (Å²) in [6.45, 7) is 11.7. The van der Waals surface area contributed by atoms with Crippen LogP contribution in [0.4, 0.5) is 0 Å². The molecule has 5 atom stereocenters. The van der Waals surface area contributed by atoms with Gasteiger partial charge < -0.3 is 0 Å². The highest BCUT2D eigenvalue weighted by molar-refractivity contribution is 7.80. The Bertz CT molecular complexity index is 256. The summed E-state index contributed by atoms with van der Waals surface area (Å²) < 4.78 is 0. The summed E-state index contributed by atoms with van der Waals surface area (Å²) in [6, 6.07) is 0. The fourth-order valence-electron chi connectivity index (χ4n) is 3.15. The van der Waals surface area contributed by atoms with Crippen molar-refractivity contribution in [3.8, 4) is 0 Å². The van der Waals surface area contributed by atoms with E-state index in [4.69, 9.17) is 0 Å². The fourth-order valence-corrected chi connectivity index (χ4v) is 3.28. The fraction of sp³-hybridized carbons (Fsp3) is 0.875. The molecule has 5 unspecified atom stereocenters. The molecule has 0 aromatic heterocycles. The summed E-state index contributed by atoms with van der Waals surface area (Å²) in [5.74, 6) is 2.32. The third-order valence-electron chi connectivity index (χ3n) is 4.66. The van der Waals surface area contributed by atoms with Crippen molar-refractivity contribution in [3.63, 3.8) is 0 Å². The van der Waals surface area contributed by atoms with E-state index in [1.807, 2.05) is 0 Å². The standard InChI is InChI=1S/C16H30S/c1-6-8-16(5)9-7-12(2)10-15(16)11-13(3)14(4)17/h7,9,12-15,17H,6,8,10-11H2,1-5H3. The molecule has 0 aliphatic heterocycles. The molecular formula is C16H30S. The van der Waals surface area contributed by atoms with Crippen LogP contribution < -0.4 is 0 Å². The van der Waals surface area contributed by atoms with E-state index < -0.39 is 0 Å². The maximum atomic E-state index is 4.61. The second kappa shape index (κ2) is 6.31. The molecule has 1 aliphatic rings. The smallest absolute Gasteiger partial charge is 0.00142 e. The lowest BCUT2D eigenvalue weighted by molar-refractivity contribution is 0.158. The lowest BCUT2D eigenvalue weighted by Crippen LogP contribution is -2.32. The van der Waals surface area contributed by atoms with E-state index in [1.54, 1.807) is 0 Å². The average molecular weight is 254 g/mol. The van der Waals surface area contributed by atoms with Gasteiger partial charge in [0, 0.05) is 5.25 Å². The molecular weight excluding hydrogens is 224 g/mol. The zero-order valence-corrected chi connectivity index (χ0v) is 13.1. The molecule has 0 saturated heterocycles. The van der Waals surface area contributed by atoms with E-state index in [9.17, 15) is 0 Å². The van der Waals surface area contributed by atoms with Gasteiger partial charge in [-0.25, -0.2) is 0 Å². The number of rotatable bonds is 5. The van der Waals surface area contributed by atoms with Crippen molar-refractivity contribution in [2.75, 3.05) is 0 Å². The Labute approximate surface area is 114 Å². The number of allylic oxidation sites excluding steroid dienone is 2. The predicted octanol–water partition coefficient (Wildman–Crippen LogP) is 5.35. The van der Waals surface area contributed by atoms with Gasteiger partial charge in [0.1, 0.15) is 0 Å². The lowest BCUT2D eigenvalue weighted by Gasteiger charge is -2.41. The Morgan fingerprint density at radius 1 is 1.41 bits per heavy atom. The van der Waals surface area contributed by atoms with Crippen LogP contribution in [0.5, 0.6) is 0 Å². The van der Waals surface area contributed by atoms with Gasteiger partial charge in [-0.2, -0.15) is 12.6 Å². The van der Waals surface area contributed by atoms with Gasteiger partial charge in [-0.1, -0.05) is 53.2 Å². The Morgan fingerprint density at radius 3 is 2.59 bits per heavy atom. The minimum Gasteiger partial charge on any atom is -0.176 e. The zero-order valence-electron chi connectivity index (χ0n) is 12.2. The van der Waals surface area contributed by atoms with Crippen molar-refractivity contribution < 1.29 is 0 Å². The first-order valence-electron chi connectivity index (χ1n) is 7.26. The molecule has 0 amide bonds. The van der Waals surface area contributed by atoms with E-state index in [2.05, 4.69) is 59.4 Å². The lowest BCUT2D eigenvalue weighted by atomic mass is 9.64. The highest BCUT2D eigenvalue weighted by Gasteiger charge is 2.35. The maximum absolute atomic E-state index is 4.61. The van der Waals surface area contributed by atoms with Crippen LogP contribution in [-0.2, 0) is 0 Å². The maximum Gasteiger partial charge on any atom is 0.00142 e. The summed E-state index contributed by atoms with van der Waals surface area (Å²) in [7, 11) is 0. The summed E-state index contributed by atoms with van der Waals surface area (Å²) in [5.41, 5.74) is 0.429. The minimum absolute atomic E-state index is 0.429. The number of thiol groups is 1. The molecule has 0 aromatic rings. The highest BCUT2D eigenvalue weighted by Crippen LogP contribution is 2.45. The Kier molecular flexibility index (Phi) is 5.63. The van der Waals surface area contributed by atoms with Crippen LogP contribution >= 0.6 is 12.6 Å². The van der Waals surface area contributed by atoms with Gasteiger partial charge in [0.15, 0.2) is 0 Å². The van der Waals surface area contributed by atoms with Crippen LogP contribution in [-0.4, -0.2) is 5.25 Å². The van der Waals surface area contributed by atoms with E-state index in [-0.39, 0.29) is 0 Å². The van der Waals surface area contributed by atoms with Crippen molar-refractivity contribution in [1.82, 2.24) is 0 Å². The van der Waals surface area contributed by atoms with Crippen LogP contribution in [0.25, 0.3) is 0 Å². The van der Waals surface area contributed by atoms with Gasteiger partial charge in [-0.15, -0.1) is 0 Å². The van der Waals surface area contributed by atoms with Crippen LogP contribution in [0.3, 0.4) is 0 Å². The number of hydrogen-bond donors (Lipinski definition) is 1. The van der Waals surface area contributed by atoms with Crippen LogP contribution in [0.1, 0.15) is 60.3 Å². The van der Waals surface area contributed by atoms with Crippen molar-refractivity contribution in [2.45, 2.75) is 65.6 Å². The molecule has 0 heterocycles. The Hall–Kier alpha value is 0.0900. The third-order valence-corrected chi connectivity index (χ3v) is 5.17. The van der Waals surface area contributed by atoms with Gasteiger partial charge in [0.2, 0.25) is 0 Å². The van der Waals surface area contributed by atoms with E-state index in [0.717, 1.165) is 17.8 Å². The van der Waals surface area contributed by atoms with Crippen LogP contribution in [0.15, 0.2) is 12.2 Å². The highest BCUT2D eigenvalue weighted by atomic mass is 32.1. The van der Waals surface area contributed by atoms with E-state index in [0.29, 0.717) is 10.7 Å². The molecule has 0 spiro atoms. The Morgan fingerprint density at radius 2 is 2.06 bits per heavy atom. The monoisotopic (exact) mass is 254 g/mol. The molecule has 0 fully saturated rings. The quantitative estimate of drug-likeness (QED) is 0.496. The summed E-state index contributed by atoms with van der Waals surface area (Å²) in [6.07, 6.45) is 10.2. The summed E-state index contributed by atoms with van der Waals surface area (Å²) in [5, 5.41) is 0.516. The molecule has 1 rings (SSSR count). The molecule has 0 saturated carbocycles. The normalized spacial score (nSPS) is 36.8. The SMILES string of the molecule is CCCC1(C)C=CC(C)CC1CC(C)C(C)S. The van der Waals surface area contributed by atoms with Crippen molar-refractivity contribution in [3.05, 3.63) is 12.2 Å². The minimum atomic E-state index is 0.429. The third kappa shape index (κ3) is 4.05. The van der Waals surface area contributed by atoms with Crippen LogP contribution in [0, 0.1) is 23.2 Å². The molecule has 0 aromatic carbocycles. The molecule has 0 bridgehead atoms. The molecule has 1 aliphatic carbocycles. The van der Waals surface area contributed by atoms with Gasteiger partial charge in [0.05, 0.1) is 0 Å². The molecule has 1 heteroatoms. The van der Waals surface area contributed by atoms with Crippen molar-refractivity contribution in [2.24, 2.45) is 23.2 Å². The second-order valence-corrected chi connectivity index (χ2v) is 7.29. The first-order valence-corrected chi connectivity index (χ1v) is 7.78. The van der Waals surface area contributed by atoms with Gasteiger partial charge in [0.25, 0.3) is 0 Å². The van der Waals surface area contributed by atoms with Gasteiger partial charge in [-0.3, -0.25) is 0 Å². The van der Waals surface area contributed by atoms with E-state index >= 15 is 0 Å². The first-order chi connectivity index (χ1) is 7.89. The molecule has 0 nitrogen and oxygen atoms in total. The summed E-state index contributed by atoms with van der Waals surface area (Å²) in [4.78, 5) is 0. The predicted molar refractivity (Wildman–Crippen MR) is 81.7 cm³/mol. The number of hydrogen-bond acceptors (Lipinski definition) is 1. The molecule has 0 N–H and O–H groups in total. The Balaban J connectivity index is 2.75. The zero-order chi connectivity index (χ0) is 13.1. The summed E-state index contributed by atoms with van der Waals surface area (Å²) >= 11 is 4.61. The van der Waals surface area contributed by atoms with E-state index in [1.165, 1.54) is 25.7 Å². The molecule has 100 valence electrons. The van der Waals surface area contributed by atoms with Crippen LogP contribution in [0.2, 0.25) is 0 Å².